The van der Waals surface area contributed by atoms with Gasteiger partial charge in [0.2, 0.25) is 5.91 Å². The molecular formula is C23H27N3O2. The van der Waals surface area contributed by atoms with Crippen molar-refractivity contribution in [2.24, 2.45) is 5.92 Å². The van der Waals surface area contributed by atoms with Crippen molar-refractivity contribution in [1.82, 2.24) is 9.55 Å². The fourth-order valence-electron chi connectivity index (χ4n) is 3.98. The van der Waals surface area contributed by atoms with Gasteiger partial charge in [0.05, 0.1) is 17.6 Å². The summed E-state index contributed by atoms with van der Waals surface area (Å²) in [5.41, 5.74) is 3.07. The monoisotopic (exact) mass is 377 g/mol. The van der Waals surface area contributed by atoms with E-state index in [0.717, 1.165) is 34.8 Å². The molecule has 2 heterocycles. The molecule has 28 heavy (non-hydrogen) atoms. The van der Waals surface area contributed by atoms with E-state index in [4.69, 9.17) is 9.72 Å². The smallest absolute Gasteiger partial charge is 0.227 e. The molecule has 0 N–H and O–H groups in total. The first-order chi connectivity index (χ1) is 13.6. The van der Waals surface area contributed by atoms with Crippen molar-refractivity contribution in [3.8, 4) is 5.75 Å². The van der Waals surface area contributed by atoms with Crippen molar-refractivity contribution in [1.29, 1.82) is 0 Å². The van der Waals surface area contributed by atoms with Crippen LogP contribution in [0, 0.1) is 5.92 Å². The maximum Gasteiger partial charge on any atom is 0.227 e. The van der Waals surface area contributed by atoms with E-state index >= 15 is 0 Å². The SMILES string of the molecule is CCOc1ccc(N2C[C@H](c3nc4ccccc4n3CC(C)C)CC2=O)cc1. The first kappa shape index (κ1) is 18.5. The van der Waals surface area contributed by atoms with Crippen LogP contribution in [-0.4, -0.2) is 28.6 Å². The zero-order valence-corrected chi connectivity index (χ0v) is 16.8. The maximum atomic E-state index is 12.8. The molecule has 4 rings (SSSR count). The lowest BCUT2D eigenvalue weighted by Gasteiger charge is -2.18. The number of para-hydroxylation sites is 2. The normalized spacial score (nSPS) is 17.1. The highest BCUT2D eigenvalue weighted by Crippen LogP contribution is 2.34. The van der Waals surface area contributed by atoms with Gasteiger partial charge in [-0.3, -0.25) is 4.79 Å². The second kappa shape index (κ2) is 7.66. The molecule has 0 radical (unpaired) electrons. The topological polar surface area (TPSA) is 47.4 Å². The maximum absolute atomic E-state index is 12.8. The average molecular weight is 377 g/mol. The van der Waals surface area contributed by atoms with Crippen LogP contribution >= 0.6 is 0 Å². The summed E-state index contributed by atoms with van der Waals surface area (Å²) < 4.78 is 7.82. The summed E-state index contributed by atoms with van der Waals surface area (Å²) >= 11 is 0. The first-order valence-corrected chi connectivity index (χ1v) is 10.0. The highest BCUT2D eigenvalue weighted by molar-refractivity contribution is 5.96. The van der Waals surface area contributed by atoms with Crippen molar-refractivity contribution < 1.29 is 9.53 Å². The minimum Gasteiger partial charge on any atom is -0.494 e. The second-order valence-corrected chi connectivity index (χ2v) is 7.80. The number of imidazole rings is 1. The zero-order valence-electron chi connectivity index (χ0n) is 16.8. The lowest BCUT2D eigenvalue weighted by molar-refractivity contribution is -0.117. The Kier molecular flexibility index (Phi) is 5.07. The third kappa shape index (κ3) is 3.49. The minimum atomic E-state index is 0.102. The van der Waals surface area contributed by atoms with Gasteiger partial charge < -0.3 is 14.2 Å². The summed E-state index contributed by atoms with van der Waals surface area (Å²) in [6.07, 6.45) is 0.495. The molecule has 3 aromatic rings. The van der Waals surface area contributed by atoms with Gasteiger partial charge in [-0.15, -0.1) is 0 Å². The summed E-state index contributed by atoms with van der Waals surface area (Å²) in [4.78, 5) is 19.6. The Morgan fingerprint density at radius 1 is 1.14 bits per heavy atom. The largest absolute Gasteiger partial charge is 0.494 e. The number of aromatic nitrogens is 2. The van der Waals surface area contributed by atoms with Crippen LogP contribution < -0.4 is 9.64 Å². The summed E-state index contributed by atoms with van der Waals surface area (Å²) in [6, 6.07) is 16.0. The fourth-order valence-corrected chi connectivity index (χ4v) is 3.98. The van der Waals surface area contributed by atoms with Gasteiger partial charge in [0.25, 0.3) is 0 Å². The highest BCUT2D eigenvalue weighted by atomic mass is 16.5. The van der Waals surface area contributed by atoms with Gasteiger partial charge in [0.1, 0.15) is 11.6 Å². The Morgan fingerprint density at radius 2 is 1.89 bits per heavy atom. The Bertz CT molecular complexity index is 975. The Morgan fingerprint density at radius 3 is 2.61 bits per heavy atom. The van der Waals surface area contributed by atoms with Crippen molar-refractivity contribution in [2.75, 3.05) is 18.1 Å². The van der Waals surface area contributed by atoms with Crippen LogP contribution in [0.4, 0.5) is 5.69 Å². The Labute approximate surface area is 165 Å². The number of fused-ring (bicyclic) bond motifs is 1. The van der Waals surface area contributed by atoms with Gasteiger partial charge in [-0.2, -0.15) is 0 Å². The van der Waals surface area contributed by atoms with Crippen LogP contribution in [-0.2, 0) is 11.3 Å². The lowest BCUT2D eigenvalue weighted by atomic mass is 10.1. The molecule has 5 nitrogen and oxygen atoms in total. The van der Waals surface area contributed by atoms with Crippen LogP contribution in [0.2, 0.25) is 0 Å². The fraction of sp³-hybridized carbons (Fsp3) is 0.391. The van der Waals surface area contributed by atoms with Gasteiger partial charge >= 0.3 is 0 Å². The van der Waals surface area contributed by atoms with E-state index in [9.17, 15) is 4.79 Å². The molecule has 1 saturated heterocycles. The van der Waals surface area contributed by atoms with E-state index in [1.54, 1.807) is 0 Å². The molecule has 0 saturated carbocycles. The molecule has 0 unspecified atom stereocenters. The van der Waals surface area contributed by atoms with Crippen molar-refractivity contribution in [2.45, 2.75) is 39.7 Å². The van der Waals surface area contributed by atoms with Gasteiger partial charge in [0, 0.05) is 31.1 Å². The number of hydrogen-bond donors (Lipinski definition) is 0. The molecule has 1 fully saturated rings. The molecule has 1 aliphatic rings. The van der Waals surface area contributed by atoms with Crippen molar-refractivity contribution in [3.63, 3.8) is 0 Å². The molecule has 1 amide bonds. The molecule has 1 aromatic heterocycles. The van der Waals surface area contributed by atoms with Crippen LogP contribution in [0.25, 0.3) is 11.0 Å². The van der Waals surface area contributed by atoms with E-state index in [1.165, 1.54) is 0 Å². The lowest BCUT2D eigenvalue weighted by Crippen LogP contribution is -2.24. The average Bonchev–Trinajstić information content (AvgIpc) is 3.23. The molecule has 146 valence electrons. The number of hydrogen-bond acceptors (Lipinski definition) is 3. The number of carbonyl (C=O) groups is 1. The molecular weight excluding hydrogens is 350 g/mol. The number of carbonyl (C=O) groups excluding carboxylic acids is 1. The first-order valence-electron chi connectivity index (χ1n) is 10.0. The zero-order chi connectivity index (χ0) is 19.7. The van der Waals surface area contributed by atoms with Gasteiger partial charge in [0.15, 0.2) is 0 Å². The van der Waals surface area contributed by atoms with Crippen LogP contribution in [0.5, 0.6) is 5.75 Å². The van der Waals surface area contributed by atoms with Crippen molar-refractivity contribution in [3.05, 3.63) is 54.4 Å². The number of rotatable bonds is 6. The Hall–Kier alpha value is -2.82. The molecule has 5 heteroatoms. The third-order valence-electron chi connectivity index (χ3n) is 5.18. The van der Waals surface area contributed by atoms with E-state index in [2.05, 4.69) is 36.6 Å². The second-order valence-electron chi connectivity index (χ2n) is 7.80. The van der Waals surface area contributed by atoms with Crippen LogP contribution in [0.15, 0.2) is 48.5 Å². The van der Waals surface area contributed by atoms with E-state index in [-0.39, 0.29) is 11.8 Å². The molecule has 0 bridgehead atoms. The molecule has 1 atom stereocenters. The van der Waals surface area contributed by atoms with Crippen LogP contribution in [0.3, 0.4) is 0 Å². The Balaban J connectivity index is 1.63. The van der Waals surface area contributed by atoms with Gasteiger partial charge in [-0.05, 0) is 49.2 Å². The third-order valence-corrected chi connectivity index (χ3v) is 5.18. The number of benzene rings is 2. The van der Waals surface area contributed by atoms with Crippen LogP contribution in [0.1, 0.15) is 38.9 Å². The van der Waals surface area contributed by atoms with Gasteiger partial charge in [-0.1, -0.05) is 26.0 Å². The standard InChI is InChI=1S/C23H27N3O2/c1-4-28-19-11-9-18(10-12-19)25-15-17(13-22(25)27)23-24-20-7-5-6-8-21(20)26(23)14-16(2)3/h5-12,16-17H,4,13-15H2,1-3H3/t17-/m1/s1. The predicted molar refractivity (Wildman–Crippen MR) is 112 cm³/mol. The van der Waals surface area contributed by atoms with Crippen molar-refractivity contribution >= 4 is 22.6 Å². The number of anilines is 1. The predicted octanol–water partition coefficient (Wildman–Crippen LogP) is 4.61. The van der Waals surface area contributed by atoms with Gasteiger partial charge in [-0.25, -0.2) is 4.98 Å². The quantitative estimate of drug-likeness (QED) is 0.630. The summed E-state index contributed by atoms with van der Waals surface area (Å²) in [7, 11) is 0. The molecule has 0 aliphatic carbocycles. The molecule has 2 aromatic carbocycles. The number of amides is 1. The molecule has 0 spiro atoms. The summed E-state index contributed by atoms with van der Waals surface area (Å²) in [5.74, 6) is 2.61. The van der Waals surface area contributed by atoms with E-state index in [0.29, 0.717) is 25.5 Å². The minimum absolute atomic E-state index is 0.102. The summed E-state index contributed by atoms with van der Waals surface area (Å²) in [6.45, 7) is 8.59. The number of ether oxygens (including phenoxy) is 1. The number of nitrogens with zero attached hydrogens (tertiary/aromatic N) is 3. The summed E-state index contributed by atoms with van der Waals surface area (Å²) in [5, 5.41) is 0. The van der Waals surface area contributed by atoms with E-state index < -0.39 is 0 Å². The highest BCUT2D eigenvalue weighted by Gasteiger charge is 2.34. The van der Waals surface area contributed by atoms with E-state index in [1.807, 2.05) is 42.2 Å². The molecule has 1 aliphatic heterocycles.